The quantitative estimate of drug-likeness (QED) is 0.724. The molecule has 1 saturated heterocycles. The largest absolute Gasteiger partial charge is 0.370 e. The Bertz CT molecular complexity index is 798. The summed E-state index contributed by atoms with van der Waals surface area (Å²) >= 11 is 1.55. The van der Waals surface area contributed by atoms with Crippen molar-refractivity contribution in [2.45, 2.75) is 6.10 Å². The van der Waals surface area contributed by atoms with Gasteiger partial charge in [-0.3, -0.25) is 9.78 Å². The number of fused-ring (bicyclic) bond motifs is 1. The predicted octanol–water partition coefficient (Wildman–Crippen LogP) is 3.51. The molecule has 3 aromatic rings. The van der Waals surface area contributed by atoms with Gasteiger partial charge in [-0.25, -0.2) is 0 Å². The number of pyridine rings is 1. The molecule has 1 fully saturated rings. The zero-order valence-electron chi connectivity index (χ0n) is 12.5. The number of thiophene rings is 1. The first-order valence-electron chi connectivity index (χ1n) is 7.60. The number of carbonyl (C=O) groups is 1. The highest BCUT2D eigenvalue weighted by molar-refractivity contribution is 7.20. The van der Waals surface area contributed by atoms with E-state index >= 15 is 0 Å². The average molecular weight is 324 g/mol. The first-order valence-corrected chi connectivity index (χ1v) is 8.42. The lowest BCUT2D eigenvalue weighted by Crippen LogP contribution is -2.42. The molecule has 23 heavy (non-hydrogen) atoms. The van der Waals surface area contributed by atoms with E-state index in [9.17, 15) is 4.79 Å². The fourth-order valence-corrected chi connectivity index (χ4v) is 3.89. The molecule has 0 bridgehead atoms. The van der Waals surface area contributed by atoms with Crippen LogP contribution in [-0.2, 0) is 4.74 Å². The Labute approximate surface area is 138 Å². The highest BCUT2D eigenvalue weighted by Crippen LogP contribution is 2.28. The molecule has 2 aromatic heterocycles. The van der Waals surface area contributed by atoms with E-state index in [0.717, 1.165) is 20.5 Å². The van der Waals surface area contributed by atoms with Gasteiger partial charge in [0.15, 0.2) is 0 Å². The maximum atomic E-state index is 12.8. The molecule has 116 valence electrons. The molecule has 1 aromatic carbocycles. The standard InChI is InChI=1S/C18H16N2O2S/c21-18(17-11-14-3-1-2-4-16(14)23-17)20-9-10-22-15(12-20)13-5-7-19-8-6-13/h1-8,11,15H,9-10,12H2/t15-/m1/s1. The van der Waals surface area contributed by atoms with Crippen molar-refractivity contribution in [2.24, 2.45) is 0 Å². The van der Waals surface area contributed by atoms with Gasteiger partial charge < -0.3 is 9.64 Å². The second kappa shape index (κ2) is 6.10. The molecule has 0 aliphatic carbocycles. The number of aromatic nitrogens is 1. The fourth-order valence-electron chi connectivity index (χ4n) is 2.86. The molecule has 1 amide bonds. The van der Waals surface area contributed by atoms with Crippen LogP contribution in [0.3, 0.4) is 0 Å². The summed E-state index contributed by atoms with van der Waals surface area (Å²) in [5.41, 5.74) is 1.06. The lowest BCUT2D eigenvalue weighted by Gasteiger charge is -2.32. The molecule has 4 rings (SSSR count). The van der Waals surface area contributed by atoms with Crippen molar-refractivity contribution in [3.63, 3.8) is 0 Å². The number of carbonyl (C=O) groups excluding carboxylic acids is 1. The Balaban J connectivity index is 1.56. The summed E-state index contributed by atoms with van der Waals surface area (Å²) in [6, 6.07) is 14.0. The molecule has 0 N–H and O–H groups in total. The first kappa shape index (κ1) is 14.4. The normalized spacial score (nSPS) is 18.3. The van der Waals surface area contributed by atoms with E-state index in [-0.39, 0.29) is 12.0 Å². The summed E-state index contributed by atoms with van der Waals surface area (Å²) in [5.74, 6) is 0.0913. The van der Waals surface area contributed by atoms with E-state index in [1.807, 2.05) is 41.3 Å². The average Bonchev–Trinajstić information content (AvgIpc) is 3.06. The van der Waals surface area contributed by atoms with Gasteiger partial charge in [0.05, 0.1) is 18.0 Å². The van der Waals surface area contributed by atoms with E-state index in [1.165, 1.54) is 0 Å². The van der Waals surface area contributed by atoms with Gasteiger partial charge in [-0.05, 0) is 35.2 Å². The van der Waals surface area contributed by atoms with Crippen LogP contribution in [0.25, 0.3) is 10.1 Å². The third kappa shape index (κ3) is 2.85. The summed E-state index contributed by atoms with van der Waals surface area (Å²) in [5, 5.41) is 1.12. The van der Waals surface area contributed by atoms with E-state index < -0.39 is 0 Å². The van der Waals surface area contributed by atoms with Gasteiger partial charge in [0, 0.05) is 23.6 Å². The van der Waals surface area contributed by atoms with Gasteiger partial charge in [-0.1, -0.05) is 18.2 Å². The van der Waals surface area contributed by atoms with Crippen molar-refractivity contribution >= 4 is 27.3 Å². The maximum Gasteiger partial charge on any atom is 0.264 e. The lowest BCUT2D eigenvalue weighted by atomic mass is 10.1. The number of hydrogen-bond donors (Lipinski definition) is 0. The van der Waals surface area contributed by atoms with Crippen LogP contribution < -0.4 is 0 Å². The smallest absolute Gasteiger partial charge is 0.264 e. The minimum atomic E-state index is -0.0786. The summed E-state index contributed by atoms with van der Waals surface area (Å²) in [6.07, 6.45) is 3.43. The van der Waals surface area contributed by atoms with Gasteiger partial charge in [-0.15, -0.1) is 11.3 Å². The van der Waals surface area contributed by atoms with Crippen LogP contribution >= 0.6 is 11.3 Å². The lowest BCUT2D eigenvalue weighted by molar-refractivity contribution is -0.0226. The number of amides is 1. The summed E-state index contributed by atoms with van der Waals surface area (Å²) < 4.78 is 6.97. The third-order valence-corrected chi connectivity index (χ3v) is 5.17. The van der Waals surface area contributed by atoms with Crippen molar-refractivity contribution in [3.05, 3.63) is 65.3 Å². The van der Waals surface area contributed by atoms with Crippen LogP contribution in [0, 0.1) is 0 Å². The Morgan fingerprint density at radius 1 is 1.22 bits per heavy atom. The van der Waals surface area contributed by atoms with E-state index in [1.54, 1.807) is 23.7 Å². The molecule has 1 atom stereocenters. The van der Waals surface area contributed by atoms with E-state index in [2.05, 4.69) is 11.1 Å². The second-order valence-corrected chi connectivity index (χ2v) is 6.62. The Kier molecular flexibility index (Phi) is 3.81. The minimum Gasteiger partial charge on any atom is -0.370 e. The zero-order valence-corrected chi connectivity index (χ0v) is 13.3. The van der Waals surface area contributed by atoms with E-state index in [0.29, 0.717) is 19.7 Å². The van der Waals surface area contributed by atoms with Gasteiger partial charge in [0.2, 0.25) is 0 Å². The molecule has 5 heteroatoms. The molecule has 0 saturated carbocycles. The molecule has 4 nitrogen and oxygen atoms in total. The Hall–Kier alpha value is -2.24. The molecular weight excluding hydrogens is 308 g/mol. The molecule has 0 spiro atoms. The fraction of sp³-hybridized carbons (Fsp3) is 0.222. The number of rotatable bonds is 2. The predicted molar refractivity (Wildman–Crippen MR) is 90.7 cm³/mol. The molecule has 1 aliphatic heterocycles. The topological polar surface area (TPSA) is 42.4 Å². The SMILES string of the molecule is O=C(c1cc2ccccc2s1)N1CCO[C@@H](c2ccncc2)C1. The molecule has 1 aliphatic rings. The highest BCUT2D eigenvalue weighted by Gasteiger charge is 2.27. The van der Waals surface area contributed by atoms with Gasteiger partial charge in [0.1, 0.15) is 6.10 Å². The van der Waals surface area contributed by atoms with Crippen molar-refractivity contribution in [2.75, 3.05) is 19.7 Å². The monoisotopic (exact) mass is 324 g/mol. The van der Waals surface area contributed by atoms with Crippen LogP contribution in [0.5, 0.6) is 0 Å². The summed E-state index contributed by atoms with van der Waals surface area (Å²) in [7, 11) is 0. The van der Waals surface area contributed by atoms with Crippen LogP contribution in [0.1, 0.15) is 21.3 Å². The number of ether oxygens (including phenoxy) is 1. The highest BCUT2D eigenvalue weighted by atomic mass is 32.1. The number of benzene rings is 1. The maximum absolute atomic E-state index is 12.8. The van der Waals surface area contributed by atoms with Crippen molar-refractivity contribution in [1.82, 2.24) is 9.88 Å². The van der Waals surface area contributed by atoms with Crippen molar-refractivity contribution in [3.8, 4) is 0 Å². The van der Waals surface area contributed by atoms with Crippen LogP contribution in [0.15, 0.2) is 54.9 Å². The van der Waals surface area contributed by atoms with Crippen molar-refractivity contribution in [1.29, 1.82) is 0 Å². The molecule has 0 unspecified atom stereocenters. The summed E-state index contributed by atoms with van der Waals surface area (Å²) in [6.45, 7) is 1.77. The zero-order chi connectivity index (χ0) is 15.6. The van der Waals surface area contributed by atoms with Gasteiger partial charge in [-0.2, -0.15) is 0 Å². The first-order chi connectivity index (χ1) is 11.3. The van der Waals surface area contributed by atoms with Crippen LogP contribution in [0.4, 0.5) is 0 Å². The molecule has 0 radical (unpaired) electrons. The number of nitrogens with zero attached hydrogens (tertiary/aromatic N) is 2. The Morgan fingerprint density at radius 3 is 2.87 bits per heavy atom. The van der Waals surface area contributed by atoms with Gasteiger partial charge in [0.25, 0.3) is 5.91 Å². The van der Waals surface area contributed by atoms with Crippen LogP contribution in [0.2, 0.25) is 0 Å². The van der Waals surface area contributed by atoms with E-state index in [4.69, 9.17) is 4.74 Å². The second-order valence-electron chi connectivity index (χ2n) is 5.54. The summed E-state index contributed by atoms with van der Waals surface area (Å²) in [4.78, 5) is 19.5. The molecule has 3 heterocycles. The van der Waals surface area contributed by atoms with Crippen LogP contribution in [-0.4, -0.2) is 35.5 Å². The Morgan fingerprint density at radius 2 is 2.04 bits per heavy atom. The number of hydrogen-bond acceptors (Lipinski definition) is 4. The van der Waals surface area contributed by atoms with Gasteiger partial charge >= 0.3 is 0 Å². The molecular formula is C18H16N2O2S. The number of morpholine rings is 1. The third-order valence-electron chi connectivity index (χ3n) is 4.07. The van der Waals surface area contributed by atoms with Crippen molar-refractivity contribution < 1.29 is 9.53 Å². The minimum absolute atomic E-state index is 0.0786.